The van der Waals surface area contributed by atoms with E-state index in [1.165, 1.54) is 0 Å². The van der Waals surface area contributed by atoms with Gasteiger partial charge in [-0.1, -0.05) is 0 Å². The molecular formula is C5H6B2FNO2. The zero-order chi connectivity index (χ0) is 8.53. The first-order chi connectivity index (χ1) is 5.27. The summed E-state index contributed by atoms with van der Waals surface area (Å²) in [7, 11) is -0.173. The molecule has 0 spiro atoms. The van der Waals surface area contributed by atoms with E-state index < -0.39 is 0 Å². The van der Waals surface area contributed by atoms with Crippen molar-refractivity contribution >= 4 is 14.5 Å². The molecule has 0 radical (unpaired) electrons. The van der Waals surface area contributed by atoms with E-state index in [0.29, 0.717) is 0 Å². The van der Waals surface area contributed by atoms with Gasteiger partial charge in [-0.2, -0.15) is 0 Å². The average molecular weight is 153 g/mol. The number of halogens is 1. The van der Waals surface area contributed by atoms with Crippen LogP contribution in [0.5, 0.6) is 0 Å². The van der Waals surface area contributed by atoms with Gasteiger partial charge in [0.1, 0.15) is 0 Å². The molecule has 3 nitrogen and oxygen atoms in total. The Balaban J connectivity index is 3.41. The fourth-order valence-electron chi connectivity index (χ4n) is 0.298. The Morgan fingerprint density at radius 1 is 1.55 bits per heavy atom. The summed E-state index contributed by atoms with van der Waals surface area (Å²) < 4.78 is 15.7. The molecule has 2 N–H and O–H groups in total. The van der Waals surface area contributed by atoms with Gasteiger partial charge < -0.3 is 10.2 Å². The summed E-state index contributed by atoms with van der Waals surface area (Å²) in [6.07, 6.45) is 1.66. The molecular weight excluding hydrogens is 147 g/mol. The maximum Gasteiger partial charge on any atom is 0.358 e. The highest BCUT2D eigenvalue weighted by molar-refractivity contribution is 6.57. The molecule has 0 saturated heterocycles. The van der Waals surface area contributed by atoms with Crippen LogP contribution in [0.2, 0.25) is 6.82 Å². The van der Waals surface area contributed by atoms with Crippen molar-refractivity contribution in [1.29, 1.82) is 0 Å². The van der Waals surface area contributed by atoms with Gasteiger partial charge in [-0.15, -0.1) is 5.82 Å². The number of rotatable bonds is 2. The number of hydrogen-bond acceptors (Lipinski definition) is 3. The van der Waals surface area contributed by atoms with Gasteiger partial charge >= 0.3 is 14.5 Å². The maximum atomic E-state index is 10.8. The molecule has 0 aromatic rings. The quantitative estimate of drug-likeness (QED) is 0.419. The van der Waals surface area contributed by atoms with Gasteiger partial charge in [0.15, 0.2) is 6.11 Å². The lowest BCUT2D eigenvalue weighted by Crippen LogP contribution is -2.26. The third kappa shape index (κ3) is 8.90. The van der Waals surface area contributed by atoms with Crippen LogP contribution in [-0.4, -0.2) is 14.5 Å². The molecule has 0 fully saturated rings. The zero-order valence-electron chi connectivity index (χ0n) is 6.06. The van der Waals surface area contributed by atoms with Crippen molar-refractivity contribution < 1.29 is 14.0 Å². The minimum Gasteiger partial charge on any atom is -0.478 e. The highest BCUT2D eigenvalue weighted by Crippen LogP contribution is 1.69. The molecule has 56 valence electrons. The van der Waals surface area contributed by atoms with Gasteiger partial charge in [0.25, 0.3) is 0 Å². The lowest BCUT2D eigenvalue weighted by atomic mass is 9.85. The van der Waals surface area contributed by atoms with Crippen LogP contribution in [0.1, 0.15) is 0 Å². The van der Waals surface area contributed by atoms with Gasteiger partial charge in [0.05, 0.1) is 0 Å². The first kappa shape index (κ1) is 9.90. The van der Waals surface area contributed by atoms with E-state index in [2.05, 4.69) is 22.6 Å². The lowest BCUT2D eigenvalue weighted by molar-refractivity contribution is -0.0434. The molecule has 0 atom stereocenters. The second kappa shape index (κ2) is 7.01. The summed E-state index contributed by atoms with van der Waals surface area (Å²) in [5.74, 6) is 6.84. The van der Waals surface area contributed by atoms with Crippen LogP contribution in [-0.2, 0) is 9.51 Å². The fraction of sp³-hybridized carbons (Fsp3) is 0.200. The fourth-order valence-corrected chi connectivity index (χ4v) is 0.298. The molecule has 0 saturated carbocycles. The smallest absolute Gasteiger partial charge is 0.358 e. The van der Waals surface area contributed by atoms with Crippen LogP contribution in [0, 0.1) is 23.8 Å². The standard InChI is InChI=1S/C5H6B2FNO2/c1-7(9)11-6-4-2-3-5-10-8/h6H,9H2,1H3. The van der Waals surface area contributed by atoms with Gasteiger partial charge in [0.2, 0.25) is 0 Å². The third-order valence-electron chi connectivity index (χ3n) is 0.659. The average Bonchev–Trinajstić information content (AvgIpc) is 1.96. The van der Waals surface area contributed by atoms with Crippen molar-refractivity contribution in [2.45, 2.75) is 6.82 Å². The van der Waals surface area contributed by atoms with Crippen molar-refractivity contribution in [3.63, 3.8) is 0 Å². The van der Waals surface area contributed by atoms with E-state index in [9.17, 15) is 4.53 Å². The summed E-state index contributed by atoms with van der Waals surface area (Å²) in [5.41, 5.74) is 5.22. The van der Waals surface area contributed by atoms with Crippen LogP contribution < -0.4 is 5.64 Å². The molecule has 0 aromatic heterocycles. The Bertz CT molecular complexity index is 212. The molecule has 6 heteroatoms. The molecule has 11 heavy (non-hydrogen) atoms. The second-order valence-corrected chi connectivity index (χ2v) is 1.62. The van der Waals surface area contributed by atoms with Crippen LogP contribution in [0.3, 0.4) is 0 Å². The molecule has 0 rings (SSSR count). The Morgan fingerprint density at radius 3 is 2.82 bits per heavy atom. The van der Waals surface area contributed by atoms with Crippen LogP contribution in [0.15, 0.2) is 0 Å². The summed E-state index contributed by atoms with van der Waals surface area (Å²) in [5, 5.41) is 0. The Hall–Kier alpha value is -1.10. The predicted octanol–water partition coefficient (Wildman–Crippen LogP) is -0.746. The summed E-state index contributed by atoms with van der Waals surface area (Å²) in [6, 6.07) is 0. The van der Waals surface area contributed by atoms with Crippen LogP contribution in [0.4, 0.5) is 4.53 Å². The highest BCUT2D eigenvalue weighted by Gasteiger charge is 1.96. The molecule has 0 aromatic carbocycles. The molecule has 0 aliphatic carbocycles. The minimum absolute atomic E-state index is 0.179. The topological polar surface area (TPSA) is 44.5 Å². The van der Waals surface area contributed by atoms with E-state index in [1.54, 1.807) is 12.9 Å². The van der Waals surface area contributed by atoms with E-state index in [0.717, 1.165) is 0 Å². The molecule has 0 bridgehead atoms. The molecule has 0 amide bonds. The van der Waals surface area contributed by atoms with E-state index in [1.807, 2.05) is 0 Å². The van der Waals surface area contributed by atoms with Gasteiger partial charge in [-0.05, 0) is 12.7 Å². The van der Waals surface area contributed by atoms with E-state index >= 15 is 0 Å². The Labute approximate surface area is 65.7 Å². The van der Waals surface area contributed by atoms with Gasteiger partial charge in [0, 0.05) is 10.4 Å². The SMILES string of the molecule is CB(N)OBC#CC#COF. The molecule has 0 heterocycles. The maximum absolute atomic E-state index is 10.8. The molecule has 0 aliphatic rings. The highest BCUT2D eigenvalue weighted by atomic mass is 19.3. The summed E-state index contributed by atoms with van der Waals surface area (Å²) in [6.45, 7) is 1.68. The third-order valence-corrected chi connectivity index (χ3v) is 0.659. The van der Waals surface area contributed by atoms with Crippen LogP contribution in [0.25, 0.3) is 0 Å². The van der Waals surface area contributed by atoms with Crippen molar-refractivity contribution in [2.75, 3.05) is 0 Å². The normalized spacial score (nSPS) is 6.45. The van der Waals surface area contributed by atoms with Crippen LogP contribution >= 0.6 is 0 Å². The Kier molecular flexibility index (Phi) is 6.31. The van der Waals surface area contributed by atoms with Crippen molar-refractivity contribution in [3.05, 3.63) is 0 Å². The predicted molar refractivity (Wildman–Crippen MR) is 41.8 cm³/mol. The first-order valence-corrected chi connectivity index (χ1v) is 2.90. The summed E-state index contributed by atoms with van der Waals surface area (Å²) >= 11 is 0. The molecule has 0 unspecified atom stereocenters. The van der Waals surface area contributed by atoms with Crippen molar-refractivity contribution in [3.8, 4) is 23.8 Å². The zero-order valence-corrected chi connectivity index (χ0v) is 6.06. The van der Waals surface area contributed by atoms with Gasteiger partial charge in [-0.3, -0.25) is 0 Å². The number of hydrogen-bond donors (Lipinski definition) is 1. The van der Waals surface area contributed by atoms with E-state index in [4.69, 9.17) is 10.2 Å². The first-order valence-electron chi connectivity index (χ1n) is 2.90. The largest absolute Gasteiger partial charge is 0.478 e. The lowest BCUT2D eigenvalue weighted by Gasteiger charge is -1.94. The van der Waals surface area contributed by atoms with E-state index in [-0.39, 0.29) is 14.5 Å². The minimum atomic E-state index is -0.352. The van der Waals surface area contributed by atoms with Crippen molar-refractivity contribution in [2.24, 2.45) is 5.64 Å². The monoisotopic (exact) mass is 153 g/mol. The van der Waals surface area contributed by atoms with Gasteiger partial charge in [-0.25, -0.2) is 4.94 Å². The second-order valence-electron chi connectivity index (χ2n) is 1.62. The number of nitrogens with two attached hydrogens (primary N) is 1. The van der Waals surface area contributed by atoms with Crippen molar-refractivity contribution in [1.82, 2.24) is 0 Å². The summed E-state index contributed by atoms with van der Waals surface area (Å²) in [4.78, 5) is 2.94. The Morgan fingerprint density at radius 2 is 2.27 bits per heavy atom. The molecule has 0 aliphatic heterocycles.